The quantitative estimate of drug-likeness (QED) is 0.775. The van der Waals surface area contributed by atoms with Gasteiger partial charge in [-0.1, -0.05) is 13.0 Å². The number of nitrogens with one attached hydrogen (secondary N) is 1. The summed E-state index contributed by atoms with van der Waals surface area (Å²) in [7, 11) is -1.45. The smallest absolute Gasteiger partial charge is 0.208 e. The fourth-order valence-corrected chi connectivity index (χ4v) is 5.93. The minimum Gasteiger partial charge on any atom is -0.497 e. The molecule has 0 aromatic heterocycles. The average molecular weight is 393 g/mol. The Balaban J connectivity index is 1.67. The second kappa shape index (κ2) is 7.05. The first kappa shape index (κ1) is 19.2. The first-order valence-corrected chi connectivity index (χ1v) is 12.1. The van der Waals surface area contributed by atoms with Crippen molar-refractivity contribution in [2.45, 2.75) is 50.5 Å². The number of methoxy groups -OCH3 is 1. The zero-order chi connectivity index (χ0) is 19.2. The lowest BCUT2D eigenvalue weighted by molar-refractivity contribution is 0.0164. The van der Waals surface area contributed by atoms with Gasteiger partial charge in [0, 0.05) is 24.5 Å². The highest BCUT2D eigenvalue weighted by Gasteiger charge is 2.51. The maximum atomic E-state index is 11.6. The van der Waals surface area contributed by atoms with Crippen molar-refractivity contribution >= 4 is 10.0 Å². The Labute approximate surface area is 163 Å². The molecule has 1 aromatic rings. The van der Waals surface area contributed by atoms with E-state index in [1.165, 1.54) is 36.8 Å². The van der Waals surface area contributed by atoms with Crippen LogP contribution in [-0.2, 0) is 21.9 Å². The summed E-state index contributed by atoms with van der Waals surface area (Å²) in [4.78, 5) is 2.72. The molecular formula is C21H32N2O3S. The Morgan fingerprint density at radius 1 is 1.33 bits per heavy atom. The van der Waals surface area contributed by atoms with Crippen LogP contribution >= 0.6 is 0 Å². The molecule has 2 fully saturated rings. The topological polar surface area (TPSA) is 58.6 Å². The Hall–Kier alpha value is -1.11. The molecule has 1 aromatic carbocycles. The molecular weight excluding hydrogens is 360 g/mol. The van der Waals surface area contributed by atoms with E-state index in [1.54, 1.807) is 7.11 Å². The van der Waals surface area contributed by atoms with Gasteiger partial charge < -0.3 is 4.74 Å². The minimum absolute atomic E-state index is 0.0184. The van der Waals surface area contributed by atoms with E-state index in [2.05, 4.69) is 34.7 Å². The van der Waals surface area contributed by atoms with Crippen molar-refractivity contribution in [3.8, 4) is 5.75 Å². The van der Waals surface area contributed by atoms with Gasteiger partial charge in [0.05, 0.1) is 13.4 Å². The molecule has 1 unspecified atom stereocenters. The number of fused-ring (bicyclic) bond motifs is 4. The van der Waals surface area contributed by atoms with E-state index in [-0.39, 0.29) is 5.41 Å². The maximum absolute atomic E-state index is 11.6. The predicted molar refractivity (Wildman–Crippen MR) is 108 cm³/mol. The van der Waals surface area contributed by atoms with Crippen LogP contribution in [-0.4, -0.2) is 52.4 Å². The van der Waals surface area contributed by atoms with Crippen molar-refractivity contribution in [3.63, 3.8) is 0 Å². The molecule has 5 nitrogen and oxygen atoms in total. The van der Waals surface area contributed by atoms with Gasteiger partial charge in [0.1, 0.15) is 5.75 Å². The van der Waals surface area contributed by atoms with Crippen molar-refractivity contribution in [1.29, 1.82) is 0 Å². The van der Waals surface area contributed by atoms with Crippen LogP contribution in [0.2, 0.25) is 0 Å². The average Bonchev–Trinajstić information content (AvgIpc) is 3.42. The summed E-state index contributed by atoms with van der Waals surface area (Å²) in [6, 6.07) is 7.06. The molecule has 0 radical (unpaired) electrons. The van der Waals surface area contributed by atoms with Gasteiger partial charge in [0.25, 0.3) is 0 Å². The Kier molecular flexibility index (Phi) is 5.02. The number of sulfonamides is 1. The number of benzene rings is 1. The number of likely N-dealkylation sites (tertiary alicyclic amines) is 1. The normalized spacial score (nSPS) is 30.8. The monoisotopic (exact) mass is 392 g/mol. The van der Waals surface area contributed by atoms with Gasteiger partial charge in [-0.3, -0.25) is 4.90 Å². The third-order valence-electron chi connectivity index (χ3n) is 7.17. The number of hydrogen-bond acceptors (Lipinski definition) is 4. The van der Waals surface area contributed by atoms with Crippen molar-refractivity contribution in [2.75, 3.05) is 33.0 Å². The first-order valence-electron chi connectivity index (χ1n) is 10.2. The summed E-state index contributed by atoms with van der Waals surface area (Å²) in [6.45, 7) is 5.22. The standard InChI is InChI=1S/C21H32N2O3S/c1-15-20-12-17-6-7-18(26-2)13-19(17)21(15,8-10-22-27(3,24)25)9-11-23(20)14-16-4-5-16/h6-7,13,15-16,20,22H,4-5,8-12,14H2,1-3H3/t15-,20+,21?/m0/s1. The second-order valence-electron chi connectivity index (χ2n) is 8.84. The molecule has 1 N–H and O–H groups in total. The third kappa shape index (κ3) is 3.76. The van der Waals surface area contributed by atoms with E-state index >= 15 is 0 Å². The SMILES string of the molecule is COc1ccc2c(c1)C1(CCNS(C)(=O)=O)CCN(CC3CC3)[C@H](C2)[C@@H]1C. The predicted octanol–water partition coefficient (Wildman–Crippen LogP) is 2.55. The van der Waals surface area contributed by atoms with E-state index in [0.29, 0.717) is 18.5 Å². The summed E-state index contributed by atoms with van der Waals surface area (Å²) in [6.07, 6.45) is 7.03. The molecule has 2 bridgehead atoms. The van der Waals surface area contributed by atoms with E-state index in [4.69, 9.17) is 4.74 Å². The lowest BCUT2D eigenvalue weighted by Crippen LogP contribution is -2.60. The van der Waals surface area contributed by atoms with Crippen LogP contribution < -0.4 is 9.46 Å². The van der Waals surface area contributed by atoms with Crippen LogP contribution in [0.1, 0.15) is 43.7 Å². The minimum atomic E-state index is -3.17. The highest BCUT2D eigenvalue weighted by Crippen LogP contribution is 2.52. The van der Waals surface area contributed by atoms with Crippen molar-refractivity contribution in [3.05, 3.63) is 29.3 Å². The highest BCUT2D eigenvalue weighted by molar-refractivity contribution is 7.88. The number of piperidine rings is 1. The summed E-state index contributed by atoms with van der Waals surface area (Å²) < 4.78 is 31.5. The molecule has 4 rings (SSSR count). The van der Waals surface area contributed by atoms with Crippen LogP contribution in [0.25, 0.3) is 0 Å². The van der Waals surface area contributed by atoms with Crippen molar-refractivity contribution in [2.24, 2.45) is 11.8 Å². The molecule has 1 heterocycles. The zero-order valence-electron chi connectivity index (χ0n) is 16.7. The highest BCUT2D eigenvalue weighted by atomic mass is 32.2. The van der Waals surface area contributed by atoms with Crippen LogP contribution in [0, 0.1) is 11.8 Å². The van der Waals surface area contributed by atoms with Gasteiger partial charge in [-0.25, -0.2) is 13.1 Å². The maximum Gasteiger partial charge on any atom is 0.208 e. The van der Waals surface area contributed by atoms with Gasteiger partial charge in [0.2, 0.25) is 10.0 Å². The zero-order valence-corrected chi connectivity index (χ0v) is 17.5. The van der Waals surface area contributed by atoms with Gasteiger partial charge >= 0.3 is 0 Å². The van der Waals surface area contributed by atoms with Crippen molar-refractivity contribution < 1.29 is 13.2 Å². The molecule has 0 spiro atoms. The molecule has 1 saturated heterocycles. The molecule has 1 aliphatic heterocycles. The van der Waals surface area contributed by atoms with Crippen molar-refractivity contribution in [1.82, 2.24) is 9.62 Å². The first-order chi connectivity index (χ1) is 12.8. The van der Waals surface area contributed by atoms with Gasteiger partial charge in [-0.15, -0.1) is 0 Å². The van der Waals surface area contributed by atoms with E-state index < -0.39 is 10.0 Å². The summed E-state index contributed by atoms with van der Waals surface area (Å²) in [5, 5.41) is 0. The van der Waals surface area contributed by atoms with E-state index in [1.807, 2.05) is 0 Å². The van der Waals surface area contributed by atoms with Gasteiger partial charge in [-0.05, 0) is 73.7 Å². The number of rotatable bonds is 7. The number of ether oxygens (including phenoxy) is 1. The summed E-state index contributed by atoms with van der Waals surface area (Å²) in [5.74, 6) is 2.30. The van der Waals surface area contributed by atoms with Gasteiger partial charge in [-0.2, -0.15) is 0 Å². The lowest BCUT2D eigenvalue weighted by Gasteiger charge is -2.56. The third-order valence-corrected chi connectivity index (χ3v) is 7.90. The molecule has 1 saturated carbocycles. The number of hydrogen-bond donors (Lipinski definition) is 1. The summed E-state index contributed by atoms with van der Waals surface area (Å²) >= 11 is 0. The molecule has 27 heavy (non-hydrogen) atoms. The number of nitrogens with zero attached hydrogens (tertiary/aromatic N) is 1. The second-order valence-corrected chi connectivity index (χ2v) is 10.7. The molecule has 0 amide bonds. The molecule has 3 atom stereocenters. The fraction of sp³-hybridized carbons (Fsp3) is 0.714. The summed E-state index contributed by atoms with van der Waals surface area (Å²) in [5.41, 5.74) is 2.82. The Bertz CT molecular complexity index is 806. The molecule has 2 aliphatic carbocycles. The van der Waals surface area contributed by atoms with Crippen LogP contribution in [0.15, 0.2) is 18.2 Å². The largest absolute Gasteiger partial charge is 0.497 e. The van der Waals surface area contributed by atoms with Crippen LogP contribution in [0.5, 0.6) is 5.75 Å². The van der Waals surface area contributed by atoms with E-state index in [0.717, 1.165) is 37.5 Å². The van der Waals surface area contributed by atoms with E-state index in [9.17, 15) is 8.42 Å². The molecule has 3 aliphatic rings. The lowest BCUT2D eigenvalue weighted by atomic mass is 9.56. The molecule has 150 valence electrons. The Morgan fingerprint density at radius 2 is 2.11 bits per heavy atom. The van der Waals surface area contributed by atoms with Crippen LogP contribution in [0.3, 0.4) is 0 Å². The molecule has 6 heteroatoms. The fourth-order valence-electron chi connectivity index (χ4n) is 5.46. The van der Waals surface area contributed by atoms with Crippen LogP contribution in [0.4, 0.5) is 0 Å². The van der Waals surface area contributed by atoms with Gasteiger partial charge in [0.15, 0.2) is 0 Å². The Morgan fingerprint density at radius 3 is 2.78 bits per heavy atom.